The van der Waals surface area contributed by atoms with Gasteiger partial charge in [0, 0.05) is 19.8 Å². The van der Waals surface area contributed by atoms with E-state index in [4.69, 9.17) is 14.2 Å². The van der Waals surface area contributed by atoms with Gasteiger partial charge in [-0.2, -0.15) is 0 Å². The molecule has 5 atom stereocenters. The Labute approximate surface area is 146 Å². The van der Waals surface area contributed by atoms with Gasteiger partial charge in [-0.15, -0.1) is 0 Å². The van der Waals surface area contributed by atoms with Crippen LogP contribution in [0.2, 0.25) is 0 Å². The molecular weight excluding hydrogens is 334 g/mol. The van der Waals surface area contributed by atoms with E-state index < -0.39 is 55.1 Å². The molecule has 9 heteroatoms. The molecule has 9 nitrogen and oxygen atoms in total. The number of rotatable bonds is 8. The zero-order valence-electron chi connectivity index (χ0n) is 14.8. The van der Waals surface area contributed by atoms with Crippen LogP contribution in [-0.4, -0.2) is 65.3 Å². The highest BCUT2D eigenvalue weighted by molar-refractivity contribution is 5.74. The fraction of sp³-hybridized carbons (Fsp3) is 0.812. The van der Waals surface area contributed by atoms with Crippen molar-refractivity contribution in [2.45, 2.75) is 77.1 Å². The van der Waals surface area contributed by atoms with E-state index in [1.807, 2.05) is 0 Å². The Balaban J connectivity index is 3.04. The van der Waals surface area contributed by atoms with Crippen LogP contribution in [0.15, 0.2) is 0 Å². The summed E-state index contributed by atoms with van der Waals surface area (Å²) in [6, 6.07) is -1.09. The second kappa shape index (κ2) is 10.3. The number of nitrogens with one attached hydrogen (secondary N) is 1. The first-order valence-corrected chi connectivity index (χ1v) is 8.44. The number of carbonyl (C=O) groups is 3. The minimum absolute atomic E-state index is 0.126. The van der Waals surface area contributed by atoms with Crippen LogP contribution in [0, 0.1) is 0 Å². The quantitative estimate of drug-likeness (QED) is 0.499. The molecule has 0 radical (unpaired) electrons. The van der Waals surface area contributed by atoms with E-state index in [0.717, 1.165) is 0 Å². The van der Waals surface area contributed by atoms with Crippen LogP contribution in [0.25, 0.3) is 0 Å². The first kappa shape index (κ1) is 21.3. The number of carbonyl (C=O) groups excluding carboxylic acids is 3. The monoisotopic (exact) mass is 361 g/mol. The SMILES string of the molecule is CCCC(=O)O[C@@H]1OC(CO)[C@@H](O)[C@H](OC(=O)CCC)C1NC(C)=O. The normalized spacial score (nSPS) is 28.9. The topological polar surface area (TPSA) is 131 Å². The number of aliphatic hydroxyl groups is 2. The van der Waals surface area contributed by atoms with Crippen LogP contribution in [0.1, 0.15) is 46.5 Å². The van der Waals surface area contributed by atoms with E-state index in [1.165, 1.54) is 6.92 Å². The maximum absolute atomic E-state index is 11.9. The maximum atomic E-state index is 11.9. The summed E-state index contributed by atoms with van der Waals surface area (Å²) in [5, 5.41) is 22.2. The van der Waals surface area contributed by atoms with E-state index in [9.17, 15) is 24.6 Å². The highest BCUT2D eigenvalue weighted by Gasteiger charge is 2.49. The lowest BCUT2D eigenvalue weighted by atomic mass is 9.96. The molecule has 0 aliphatic carbocycles. The lowest BCUT2D eigenvalue weighted by Crippen LogP contribution is -2.65. The zero-order valence-corrected chi connectivity index (χ0v) is 14.8. The molecule has 1 saturated heterocycles. The summed E-state index contributed by atoms with van der Waals surface area (Å²) in [5.41, 5.74) is 0. The van der Waals surface area contributed by atoms with E-state index in [-0.39, 0.29) is 12.8 Å². The summed E-state index contributed by atoms with van der Waals surface area (Å²) >= 11 is 0. The van der Waals surface area contributed by atoms with Gasteiger partial charge in [-0.05, 0) is 12.8 Å². The van der Waals surface area contributed by atoms with E-state index in [2.05, 4.69) is 5.32 Å². The van der Waals surface area contributed by atoms with Gasteiger partial charge in [-0.25, -0.2) is 0 Å². The van der Waals surface area contributed by atoms with Gasteiger partial charge in [0.15, 0.2) is 6.10 Å². The third-order valence-corrected chi connectivity index (χ3v) is 3.65. The Kier molecular flexibility index (Phi) is 8.81. The molecule has 25 heavy (non-hydrogen) atoms. The molecule has 1 amide bonds. The van der Waals surface area contributed by atoms with Crippen LogP contribution in [-0.2, 0) is 28.6 Å². The molecule has 2 unspecified atom stereocenters. The Morgan fingerprint density at radius 1 is 1.08 bits per heavy atom. The van der Waals surface area contributed by atoms with Crippen LogP contribution < -0.4 is 5.32 Å². The summed E-state index contributed by atoms with van der Waals surface area (Å²) in [5.74, 6) is -1.61. The first-order chi connectivity index (χ1) is 11.8. The number of hydrogen-bond donors (Lipinski definition) is 3. The molecule has 1 rings (SSSR count). The summed E-state index contributed by atoms with van der Waals surface area (Å²) in [6.07, 6.45) is -3.65. The number of ether oxygens (including phenoxy) is 3. The van der Waals surface area contributed by atoms with Gasteiger partial charge in [0.05, 0.1) is 6.61 Å². The molecule has 3 N–H and O–H groups in total. The molecule has 1 aliphatic rings. The number of amides is 1. The number of esters is 2. The predicted molar refractivity (Wildman–Crippen MR) is 85.1 cm³/mol. The molecule has 1 heterocycles. The Bertz CT molecular complexity index is 469. The van der Waals surface area contributed by atoms with Crippen molar-refractivity contribution in [3.05, 3.63) is 0 Å². The maximum Gasteiger partial charge on any atom is 0.308 e. The van der Waals surface area contributed by atoms with Crippen molar-refractivity contribution >= 4 is 17.8 Å². The zero-order chi connectivity index (χ0) is 19.0. The van der Waals surface area contributed by atoms with E-state index >= 15 is 0 Å². The van der Waals surface area contributed by atoms with Gasteiger partial charge in [0.2, 0.25) is 12.2 Å². The van der Waals surface area contributed by atoms with Gasteiger partial charge in [-0.3, -0.25) is 14.4 Å². The van der Waals surface area contributed by atoms with Crippen molar-refractivity contribution in [3.63, 3.8) is 0 Å². The fourth-order valence-corrected chi connectivity index (χ4v) is 2.50. The van der Waals surface area contributed by atoms with Crippen molar-refractivity contribution in [1.82, 2.24) is 5.32 Å². The highest BCUT2D eigenvalue weighted by atomic mass is 16.7. The molecule has 0 spiro atoms. The van der Waals surface area contributed by atoms with Crippen molar-refractivity contribution < 1.29 is 38.8 Å². The van der Waals surface area contributed by atoms with Crippen molar-refractivity contribution in [1.29, 1.82) is 0 Å². The third kappa shape index (κ3) is 6.26. The van der Waals surface area contributed by atoms with Gasteiger partial charge in [0.1, 0.15) is 18.2 Å². The van der Waals surface area contributed by atoms with Gasteiger partial charge in [0.25, 0.3) is 0 Å². The molecule has 0 aromatic carbocycles. The number of hydrogen-bond acceptors (Lipinski definition) is 8. The highest BCUT2D eigenvalue weighted by Crippen LogP contribution is 2.25. The second-order valence-electron chi connectivity index (χ2n) is 5.89. The minimum Gasteiger partial charge on any atom is -0.457 e. The molecule has 144 valence electrons. The van der Waals surface area contributed by atoms with Crippen LogP contribution in [0.3, 0.4) is 0 Å². The van der Waals surface area contributed by atoms with Crippen LogP contribution >= 0.6 is 0 Å². The van der Waals surface area contributed by atoms with Crippen LogP contribution in [0.4, 0.5) is 0 Å². The standard InChI is InChI=1S/C16H27NO8/c1-4-6-11(20)24-15-13(17-9(3)19)16(25-12(21)7-5-2)23-10(8-18)14(15)22/h10,13-16,18,22H,4-8H2,1-3H3,(H,17,19)/t10?,13?,14-,15-,16+/m1/s1. The number of aliphatic hydroxyl groups excluding tert-OH is 2. The lowest BCUT2D eigenvalue weighted by Gasteiger charge is -2.43. The van der Waals surface area contributed by atoms with E-state index in [1.54, 1.807) is 13.8 Å². The van der Waals surface area contributed by atoms with Crippen molar-refractivity contribution in [2.24, 2.45) is 0 Å². The average Bonchev–Trinajstić information content (AvgIpc) is 2.53. The smallest absolute Gasteiger partial charge is 0.308 e. The molecular formula is C16H27NO8. The summed E-state index contributed by atoms with van der Waals surface area (Å²) in [4.78, 5) is 35.2. The Morgan fingerprint density at radius 2 is 1.64 bits per heavy atom. The van der Waals surface area contributed by atoms with Gasteiger partial charge in [-0.1, -0.05) is 13.8 Å². The molecule has 0 aromatic rings. The predicted octanol–water partition coefficient (Wildman–Crippen LogP) is -0.376. The Morgan fingerprint density at radius 3 is 2.12 bits per heavy atom. The van der Waals surface area contributed by atoms with Gasteiger partial charge >= 0.3 is 11.9 Å². The molecule has 0 aromatic heterocycles. The van der Waals surface area contributed by atoms with Crippen molar-refractivity contribution in [3.8, 4) is 0 Å². The molecule has 0 saturated carbocycles. The largest absolute Gasteiger partial charge is 0.457 e. The Hall–Kier alpha value is -1.71. The fourth-order valence-electron chi connectivity index (χ4n) is 2.50. The van der Waals surface area contributed by atoms with Crippen molar-refractivity contribution in [2.75, 3.05) is 6.61 Å². The van der Waals surface area contributed by atoms with Crippen LogP contribution in [0.5, 0.6) is 0 Å². The average molecular weight is 361 g/mol. The molecule has 1 fully saturated rings. The summed E-state index contributed by atoms with van der Waals surface area (Å²) in [6.45, 7) is 4.25. The second-order valence-corrected chi connectivity index (χ2v) is 5.89. The third-order valence-electron chi connectivity index (χ3n) is 3.65. The summed E-state index contributed by atoms with van der Waals surface area (Å²) in [7, 11) is 0. The van der Waals surface area contributed by atoms with E-state index in [0.29, 0.717) is 12.8 Å². The lowest BCUT2D eigenvalue weighted by molar-refractivity contribution is -0.267. The minimum atomic E-state index is -1.39. The molecule has 1 aliphatic heterocycles. The first-order valence-electron chi connectivity index (χ1n) is 8.44. The summed E-state index contributed by atoms with van der Waals surface area (Å²) < 4.78 is 15.9. The molecule has 0 bridgehead atoms. The van der Waals surface area contributed by atoms with Gasteiger partial charge < -0.3 is 29.7 Å².